The molecule has 3 aromatic carbocycles. The highest BCUT2D eigenvalue weighted by Crippen LogP contribution is 2.40. The zero-order chi connectivity index (χ0) is 21.8. The van der Waals surface area contributed by atoms with Gasteiger partial charge in [-0.3, -0.25) is 4.90 Å². The molecule has 3 aromatic rings. The quantitative estimate of drug-likeness (QED) is 0.464. The number of hydrogen-bond donors (Lipinski definition) is 1. The number of rotatable bonds is 7. The molecular formula is C26H28BrFN2O. The summed E-state index contributed by atoms with van der Waals surface area (Å²) in [5, 5.41) is 3.76. The standard InChI is InChI=1S/C26H28BrFN2O/c1-19-16-30(17-21-6-4-3-5-7-21)18-26(19,24-14-22(27)10-13-25(24)28)29-15-20-8-11-23(31-2)12-9-20/h3-14,19,29H,15-18H2,1-2H3. The van der Waals surface area contributed by atoms with Crippen molar-refractivity contribution in [2.45, 2.75) is 25.6 Å². The van der Waals surface area contributed by atoms with Gasteiger partial charge in [-0.1, -0.05) is 65.3 Å². The molecule has 162 valence electrons. The predicted molar refractivity (Wildman–Crippen MR) is 126 cm³/mol. The van der Waals surface area contributed by atoms with Crippen LogP contribution in [-0.4, -0.2) is 25.1 Å². The van der Waals surface area contributed by atoms with E-state index in [9.17, 15) is 0 Å². The summed E-state index contributed by atoms with van der Waals surface area (Å²) in [6, 6.07) is 23.7. The summed E-state index contributed by atoms with van der Waals surface area (Å²) >= 11 is 3.55. The largest absolute Gasteiger partial charge is 0.497 e. The Bertz CT molecular complexity index is 1010. The maximum Gasteiger partial charge on any atom is 0.128 e. The second-order valence-corrected chi connectivity index (χ2v) is 9.27. The highest BCUT2D eigenvalue weighted by molar-refractivity contribution is 9.10. The van der Waals surface area contributed by atoms with Crippen LogP contribution < -0.4 is 10.1 Å². The van der Waals surface area contributed by atoms with E-state index in [0.717, 1.165) is 41.0 Å². The normalized spacial score (nSPS) is 21.4. The summed E-state index contributed by atoms with van der Waals surface area (Å²) in [5.41, 5.74) is 2.65. The Balaban J connectivity index is 1.63. The molecule has 0 bridgehead atoms. The molecule has 1 heterocycles. The molecule has 1 saturated heterocycles. The van der Waals surface area contributed by atoms with Crippen molar-refractivity contribution < 1.29 is 9.13 Å². The van der Waals surface area contributed by atoms with Gasteiger partial charge in [0.25, 0.3) is 0 Å². The number of benzene rings is 3. The molecule has 0 saturated carbocycles. The lowest BCUT2D eigenvalue weighted by molar-refractivity contribution is 0.252. The summed E-state index contributed by atoms with van der Waals surface area (Å²) < 4.78 is 21.3. The fraction of sp³-hybridized carbons (Fsp3) is 0.308. The molecule has 31 heavy (non-hydrogen) atoms. The molecule has 0 radical (unpaired) electrons. The Hall–Kier alpha value is -2.21. The van der Waals surface area contributed by atoms with Crippen LogP contribution in [0.1, 0.15) is 23.6 Å². The summed E-state index contributed by atoms with van der Waals surface area (Å²) in [4.78, 5) is 2.42. The molecule has 1 aliphatic heterocycles. The zero-order valence-corrected chi connectivity index (χ0v) is 19.5. The number of nitrogens with one attached hydrogen (secondary N) is 1. The Morgan fingerprint density at radius 3 is 2.52 bits per heavy atom. The SMILES string of the molecule is COc1ccc(CNC2(c3cc(Br)ccc3F)CN(Cc3ccccc3)CC2C)cc1. The Morgan fingerprint density at radius 1 is 1.06 bits per heavy atom. The van der Waals surface area contributed by atoms with Crippen molar-refractivity contribution in [3.05, 3.63) is 99.8 Å². The van der Waals surface area contributed by atoms with Crippen LogP contribution in [0.4, 0.5) is 4.39 Å². The first kappa shape index (κ1) is 22.0. The Labute approximate surface area is 192 Å². The summed E-state index contributed by atoms with van der Waals surface area (Å²) in [7, 11) is 1.67. The minimum Gasteiger partial charge on any atom is -0.497 e. The van der Waals surface area contributed by atoms with Crippen molar-refractivity contribution in [2.75, 3.05) is 20.2 Å². The van der Waals surface area contributed by atoms with Gasteiger partial charge in [0, 0.05) is 36.2 Å². The fourth-order valence-electron chi connectivity index (χ4n) is 4.60. The van der Waals surface area contributed by atoms with Crippen molar-refractivity contribution in [1.82, 2.24) is 10.2 Å². The van der Waals surface area contributed by atoms with E-state index >= 15 is 4.39 Å². The minimum atomic E-state index is -0.484. The van der Waals surface area contributed by atoms with Crippen molar-refractivity contribution in [2.24, 2.45) is 5.92 Å². The lowest BCUT2D eigenvalue weighted by Gasteiger charge is -2.36. The highest BCUT2D eigenvalue weighted by Gasteiger charge is 2.46. The van der Waals surface area contributed by atoms with Crippen LogP contribution in [0, 0.1) is 11.7 Å². The number of hydrogen-bond acceptors (Lipinski definition) is 3. The van der Waals surface area contributed by atoms with Crippen LogP contribution >= 0.6 is 15.9 Å². The molecule has 0 aliphatic carbocycles. The molecule has 1 fully saturated rings. The van der Waals surface area contributed by atoms with Gasteiger partial charge in [0.15, 0.2) is 0 Å². The average Bonchev–Trinajstić information content (AvgIpc) is 3.10. The smallest absolute Gasteiger partial charge is 0.128 e. The van der Waals surface area contributed by atoms with E-state index in [2.05, 4.69) is 69.5 Å². The number of nitrogens with zero attached hydrogens (tertiary/aromatic N) is 1. The van der Waals surface area contributed by atoms with E-state index in [1.807, 2.05) is 24.3 Å². The van der Waals surface area contributed by atoms with E-state index in [4.69, 9.17) is 4.74 Å². The molecule has 1 N–H and O–H groups in total. The summed E-state index contributed by atoms with van der Waals surface area (Å²) in [6.07, 6.45) is 0. The molecule has 4 rings (SSSR count). The molecule has 2 unspecified atom stereocenters. The van der Waals surface area contributed by atoms with Crippen molar-refractivity contribution >= 4 is 15.9 Å². The van der Waals surface area contributed by atoms with Gasteiger partial charge in [-0.05, 0) is 47.4 Å². The van der Waals surface area contributed by atoms with Gasteiger partial charge in [-0.25, -0.2) is 4.39 Å². The van der Waals surface area contributed by atoms with Gasteiger partial charge in [-0.2, -0.15) is 0 Å². The third-order valence-corrected chi connectivity index (χ3v) is 6.76. The predicted octanol–water partition coefficient (Wildman–Crippen LogP) is 5.73. The van der Waals surface area contributed by atoms with E-state index in [1.54, 1.807) is 19.2 Å². The molecule has 2 atom stereocenters. The molecule has 0 spiro atoms. The third kappa shape index (κ3) is 4.84. The van der Waals surface area contributed by atoms with Gasteiger partial charge in [0.2, 0.25) is 0 Å². The van der Waals surface area contributed by atoms with E-state index < -0.39 is 5.54 Å². The van der Waals surface area contributed by atoms with Crippen LogP contribution in [0.3, 0.4) is 0 Å². The van der Waals surface area contributed by atoms with Gasteiger partial charge in [0.05, 0.1) is 12.6 Å². The van der Waals surface area contributed by atoms with E-state index in [-0.39, 0.29) is 11.7 Å². The first-order valence-electron chi connectivity index (χ1n) is 10.6. The third-order valence-electron chi connectivity index (χ3n) is 6.27. The van der Waals surface area contributed by atoms with Crippen LogP contribution in [-0.2, 0) is 18.6 Å². The van der Waals surface area contributed by atoms with Gasteiger partial charge in [0.1, 0.15) is 11.6 Å². The van der Waals surface area contributed by atoms with Gasteiger partial charge >= 0.3 is 0 Å². The first-order chi connectivity index (χ1) is 15.0. The van der Waals surface area contributed by atoms with Crippen LogP contribution in [0.2, 0.25) is 0 Å². The second kappa shape index (κ2) is 9.51. The molecule has 1 aliphatic rings. The average molecular weight is 483 g/mol. The molecule has 5 heteroatoms. The number of halogens is 2. The number of likely N-dealkylation sites (tertiary alicyclic amines) is 1. The topological polar surface area (TPSA) is 24.5 Å². The minimum absolute atomic E-state index is 0.168. The maximum absolute atomic E-state index is 15.1. The Kier molecular flexibility index (Phi) is 6.75. The number of ether oxygens (including phenoxy) is 1. The van der Waals surface area contributed by atoms with Crippen molar-refractivity contribution in [3.8, 4) is 5.75 Å². The van der Waals surface area contributed by atoms with Crippen LogP contribution in [0.25, 0.3) is 0 Å². The van der Waals surface area contributed by atoms with Crippen LogP contribution in [0.15, 0.2) is 77.3 Å². The lowest BCUT2D eigenvalue weighted by atomic mass is 9.81. The van der Waals surface area contributed by atoms with Crippen molar-refractivity contribution in [1.29, 1.82) is 0 Å². The highest BCUT2D eigenvalue weighted by atomic mass is 79.9. The van der Waals surface area contributed by atoms with Crippen molar-refractivity contribution in [3.63, 3.8) is 0 Å². The second-order valence-electron chi connectivity index (χ2n) is 8.35. The molecule has 0 aromatic heterocycles. The van der Waals surface area contributed by atoms with Crippen LogP contribution in [0.5, 0.6) is 5.75 Å². The first-order valence-corrected chi connectivity index (χ1v) is 11.4. The molecule has 0 amide bonds. The monoisotopic (exact) mass is 482 g/mol. The fourth-order valence-corrected chi connectivity index (χ4v) is 4.96. The van der Waals surface area contributed by atoms with Gasteiger partial charge < -0.3 is 10.1 Å². The van der Waals surface area contributed by atoms with E-state index in [1.165, 1.54) is 5.56 Å². The lowest BCUT2D eigenvalue weighted by Crippen LogP contribution is -2.48. The molecular weight excluding hydrogens is 455 g/mol. The van der Waals surface area contributed by atoms with E-state index in [0.29, 0.717) is 6.54 Å². The Morgan fingerprint density at radius 2 is 1.81 bits per heavy atom. The van der Waals surface area contributed by atoms with Gasteiger partial charge in [-0.15, -0.1) is 0 Å². The maximum atomic E-state index is 15.1. The number of methoxy groups -OCH3 is 1. The molecule has 3 nitrogen and oxygen atoms in total. The summed E-state index contributed by atoms with van der Waals surface area (Å²) in [5.74, 6) is 0.900. The summed E-state index contributed by atoms with van der Waals surface area (Å²) in [6.45, 7) is 5.36. The zero-order valence-electron chi connectivity index (χ0n) is 17.9.